The fourth-order valence-corrected chi connectivity index (χ4v) is 2.43. The van der Waals surface area contributed by atoms with Crippen LogP contribution in [0.5, 0.6) is 11.5 Å². The highest BCUT2D eigenvalue weighted by Gasteiger charge is 2.13. The summed E-state index contributed by atoms with van der Waals surface area (Å²) in [6, 6.07) is 6.13. The van der Waals surface area contributed by atoms with E-state index in [1.54, 1.807) is 0 Å². The van der Waals surface area contributed by atoms with Gasteiger partial charge in [-0.05, 0) is 44.9 Å². The third kappa shape index (κ3) is 7.67. The van der Waals surface area contributed by atoms with Crippen LogP contribution < -0.4 is 25.4 Å². The van der Waals surface area contributed by atoms with Gasteiger partial charge in [0.1, 0.15) is 0 Å². The molecule has 0 spiro atoms. The molecule has 0 fully saturated rings. The Morgan fingerprint density at radius 2 is 2.00 bits per heavy atom. The van der Waals surface area contributed by atoms with E-state index in [0.29, 0.717) is 19.8 Å². The molecule has 1 amide bonds. The first kappa shape index (κ1) is 22.3. The Morgan fingerprint density at radius 3 is 2.73 bits per heavy atom. The van der Waals surface area contributed by atoms with Crippen molar-refractivity contribution < 1.29 is 14.3 Å². The Bertz CT molecular complexity index is 608. The minimum absolute atomic E-state index is 0. The number of carbonyl (C=O) groups excluding carboxylic acids is 1. The molecule has 0 saturated heterocycles. The second-order valence-electron chi connectivity index (χ2n) is 6.10. The first-order chi connectivity index (χ1) is 12.1. The van der Waals surface area contributed by atoms with Crippen molar-refractivity contribution >= 4 is 35.8 Å². The second kappa shape index (κ2) is 11.8. The van der Waals surface area contributed by atoms with E-state index in [4.69, 9.17) is 9.47 Å². The average molecular weight is 476 g/mol. The van der Waals surface area contributed by atoms with Crippen molar-refractivity contribution in [2.24, 2.45) is 4.99 Å². The summed E-state index contributed by atoms with van der Waals surface area (Å²) in [5.41, 5.74) is 1.17. The number of nitrogens with zero attached hydrogens (tertiary/aromatic N) is 1. The number of carbonyl (C=O) groups is 1. The highest BCUT2D eigenvalue weighted by atomic mass is 127. The van der Waals surface area contributed by atoms with E-state index in [-0.39, 0.29) is 35.9 Å². The summed E-state index contributed by atoms with van der Waals surface area (Å²) in [7, 11) is 0. The average Bonchev–Trinajstić information content (AvgIpc) is 3.02. The maximum Gasteiger partial charge on any atom is 0.231 e. The number of amides is 1. The van der Waals surface area contributed by atoms with Crippen molar-refractivity contribution in [2.75, 3.05) is 26.4 Å². The van der Waals surface area contributed by atoms with Crippen LogP contribution in [0.2, 0.25) is 0 Å². The summed E-state index contributed by atoms with van der Waals surface area (Å²) in [4.78, 5) is 16.1. The van der Waals surface area contributed by atoms with Crippen molar-refractivity contribution in [3.8, 4) is 11.5 Å². The molecule has 1 aliphatic rings. The SMILES string of the molecule is CCNC(=NCCC(=O)NC(C)C)NCCc1ccc2c(c1)OCO2.I. The molecular formula is C18H29IN4O3. The number of hydrogen-bond acceptors (Lipinski definition) is 4. The van der Waals surface area contributed by atoms with Gasteiger partial charge < -0.3 is 25.4 Å². The van der Waals surface area contributed by atoms with E-state index >= 15 is 0 Å². The molecule has 0 aliphatic carbocycles. The molecule has 0 aromatic heterocycles. The molecule has 1 aromatic carbocycles. The number of fused-ring (bicyclic) bond motifs is 1. The van der Waals surface area contributed by atoms with Gasteiger partial charge in [0.25, 0.3) is 0 Å². The molecule has 7 nitrogen and oxygen atoms in total. The van der Waals surface area contributed by atoms with Crippen molar-refractivity contribution in [2.45, 2.75) is 39.7 Å². The number of halogens is 1. The van der Waals surface area contributed by atoms with E-state index in [0.717, 1.165) is 37.0 Å². The summed E-state index contributed by atoms with van der Waals surface area (Å²) in [5.74, 6) is 2.34. The van der Waals surface area contributed by atoms with Crippen molar-refractivity contribution in [1.82, 2.24) is 16.0 Å². The Balaban J connectivity index is 0.00000338. The Labute approximate surface area is 172 Å². The molecule has 1 aromatic rings. The van der Waals surface area contributed by atoms with Crippen LogP contribution in [0.15, 0.2) is 23.2 Å². The molecular weight excluding hydrogens is 447 g/mol. The molecule has 0 saturated carbocycles. The van der Waals surface area contributed by atoms with Gasteiger partial charge in [-0.3, -0.25) is 9.79 Å². The zero-order valence-electron chi connectivity index (χ0n) is 15.6. The molecule has 8 heteroatoms. The fraction of sp³-hybridized carbons (Fsp3) is 0.556. The molecule has 0 radical (unpaired) electrons. The first-order valence-electron chi connectivity index (χ1n) is 8.78. The molecule has 146 valence electrons. The number of nitrogens with one attached hydrogen (secondary N) is 3. The van der Waals surface area contributed by atoms with Crippen LogP contribution in [-0.2, 0) is 11.2 Å². The summed E-state index contributed by atoms with van der Waals surface area (Å²) in [6.07, 6.45) is 1.23. The highest BCUT2D eigenvalue weighted by Crippen LogP contribution is 2.32. The lowest BCUT2D eigenvalue weighted by Gasteiger charge is -2.12. The minimum Gasteiger partial charge on any atom is -0.454 e. The number of guanidine groups is 1. The van der Waals surface area contributed by atoms with Gasteiger partial charge in [-0.2, -0.15) is 0 Å². The van der Waals surface area contributed by atoms with Crippen LogP contribution in [0.1, 0.15) is 32.8 Å². The van der Waals surface area contributed by atoms with Crippen molar-refractivity contribution in [3.05, 3.63) is 23.8 Å². The summed E-state index contributed by atoms with van der Waals surface area (Å²) >= 11 is 0. The fourth-order valence-electron chi connectivity index (χ4n) is 2.43. The van der Waals surface area contributed by atoms with Gasteiger partial charge in [0.05, 0.1) is 6.54 Å². The molecule has 1 aliphatic heterocycles. The zero-order valence-corrected chi connectivity index (χ0v) is 18.0. The predicted molar refractivity (Wildman–Crippen MR) is 114 cm³/mol. The van der Waals surface area contributed by atoms with Crippen LogP contribution in [0.4, 0.5) is 0 Å². The van der Waals surface area contributed by atoms with Gasteiger partial charge in [-0.25, -0.2) is 0 Å². The molecule has 2 rings (SSSR count). The molecule has 0 unspecified atom stereocenters. The third-order valence-electron chi connectivity index (χ3n) is 3.55. The number of benzene rings is 1. The third-order valence-corrected chi connectivity index (χ3v) is 3.55. The Kier molecular flexibility index (Phi) is 10.2. The minimum atomic E-state index is 0. The number of ether oxygens (including phenoxy) is 2. The second-order valence-corrected chi connectivity index (χ2v) is 6.10. The summed E-state index contributed by atoms with van der Waals surface area (Å²) in [6.45, 7) is 8.17. The molecule has 26 heavy (non-hydrogen) atoms. The smallest absolute Gasteiger partial charge is 0.231 e. The van der Waals surface area contributed by atoms with E-state index in [1.165, 1.54) is 5.56 Å². The highest BCUT2D eigenvalue weighted by molar-refractivity contribution is 14.0. The lowest BCUT2D eigenvalue weighted by molar-refractivity contribution is -0.121. The monoisotopic (exact) mass is 476 g/mol. The summed E-state index contributed by atoms with van der Waals surface area (Å²) in [5, 5.41) is 9.34. The standard InChI is InChI=1S/C18H28N4O3.HI/c1-4-19-18(21-10-8-17(23)22-13(2)3)20-9-7-14-5-6-15-16(11-14)25-12-24-15;/h5-6,11,13H,4,7-10,12H2,1-3H3,(H,22,23)(H2,19,20,21);1H. The van der Waals surface area contributed by atoms with Crippen molar-refractivity contribution in [1.29, 1.82) is 0 Å². The van der Waals surface area contributed by atoms with Crippen LogP contribution in [0.25, 0.3) is 0 Å². The van der Waals surface area contributed by atoms with Gasteiger partial charge in [-0.15, -0.1) is 24.0 Å². The van der Waals surface area contributed by atoms with Crippen LogP contribution in [0.3, 0.4) is 0 Å². The van der Waals surface area contributed by atoms with Gasteiger partial charge in [-0.1, -0.05) is 6.07 Å². The number of hydrogen-bond donors (Lipinski definition) is 3. The van der Waals surface area contributed by atoms with E-state index < -0.39 is 0 Å². The maximum atomic E-state index is 11.6. The van der Waals surface area contributed by atoms with Gasteiger partial charge in [0, 0.05) is 25.6 Å². The molecule has 1 heterocycles. The van der Waals surface area contributed by atoms with Gasteiger partial charge in [0.15, 0.2) is 17.5 Å². The maximum absolute atomic E-state index is 11.6. The zero-order chi connectivity index (χ0) is 18.1. The predicted octanol–water partition coefficient (Wildman–Crippen LogP) is 2.05. The van der Waals surface area contributed by atoms with E-state index in [1.807, 2.05) is 39.0 Å². The van der Waals surface area contributed by atoms with Crippen LogP contribution >= 0.6 is 24.0 Å². The molecule has 0 atom stereocenters. The van der Waals surface area contributed by atoms with E-state index in [2.05, 4.69) is 20.9 Å². The van der Waals surface area contributed by atoms with Gasteiger partial charge in [0.2, 0.25) is 12.7 Å². The molecule has 3 N–H and O–H groups in total. The quantitative estimate of drug-likeness (QED) is 0.304. The largest absolute Gasteiger partial charge is 0.454 e. The van der Waals surface area contributed by atoms with Gasteiger partial charge >= 0.3 is 0 Å². The first-order valence-corrected chi connectivity index (χ1v) is 8.78. The van der Waals surface area contributed by atoms with Crippen LogP contribution in [-0.4, -0.2) is 44.3 Å². The van der Waals surface area contributed by atoms with E-state index in [9.17, 15) is 4.79 Å². The lowest BCUT2D eigenvalue weighted by Crippen LogP contribution is -2.38. The lowest BCUT2D eigenvalue weighted by atomic mass is 10.1. The number of aliphatic imine (C=N–C) groups is 1. The Morgan fingerprint density at radius 1 is 1.23 bits per heavy atom. The number of rotatable bonds is 8. The summed E-state index contributed by atoms with van der Waals surface area (Å²) < 4.78 is 10.7. The Hall–Kier alpha value is -1.71. The molecule has 0 bridgehead atoms. The normalized spacial score (nSPS) is 12.5. The van der Waals surface area contributed by atoms with Crippen molar-refractivity contribution in [3.63, 3.8) is 0 Å². The topological polar surface area (TPSA) is 84.0 Å². The van der Waals surface area contributed by atoms with Crippen LogP contribution in [0, 0.1) is 0 Å².